The Labute approximate surface area is 308 Å². The molecule has 7 rings (SSSR count). The number of nitrogens with zero attached hydrogens (tertiary/aromatic N) is 3. The van der Waals surface area contributed by atoms with Gasteiger partial charge in [-0.15, -0.1) is 0 Å². The first-order valence-corrected chi connectivity index (χ1v) is 19.1. The Morgan fingerprint density at radius 1 is 0.846 bits per heavy atom. The summed E-state index contributed by atoms with van der Waals surface area (Å²) in [4.78, 5) is 40.2. The molecule has 2 aliphatic rings. The summed E-state index contributed by atoms with van der Waals surface area (Å²) in [6, 6.07) is 29.7. The maximum Gasteiger partial charge on any atom is 0.410 e. The van der Waals surface area contributed by atoms with Crippen LogP contribution in [0.3, 0.4) is 0 Å². The van der Waals surface area contributed by atoms with E-state index < -0.39 is 5.41 Å². The van der Waals surface area contributed by atoms with Crippen molar-refractivity contribution in [3.05, 3.63) is 125 Å². The highest BCUT2D eigenvalue weighted by Crippen LogP contribution is 2.42. The van der Waals surface area contributed by atoms with Crippen LogP contribution < -0.4 is 0 Å². The molecule has 270 valence electrons. The number of nitrogens with one attached hydrogen (secondary N) is 1. The molecule has 0 spiro atoms. The molecule has 7 nitrogen and oxygen atoms in total. The molecule has 0 atom stereocenters. The van der Waals surface area contributed by atoms with E-state index in [0.717, 1.165) is 89.5 Å². The molecule has 0 saturated carbocycles. The van der Waals surface area contributed by atoms with E-state index in [1.54, 1.807) is 0 Å². The number of benzene rings is 3. The zero-order valence-corrected chi connectivity index (χ0v) is 31.2. The number of aromatic amines is 1. The standard InChI is InChI=1S/C45H52N4O3/c1-31-26-32(2)28-34(27-31)42-39(40-29-35(16-21-41(40)47-42)45(3,4)43(50)49-37-17-18-38(49)20-19-37)22-25-48(24-11-9-15-36-14-8-10-23-46-36)44(51)52-30-33-12-6-5-7-13-33/h5-8,10,12-14,16,21,23,26-29,37-38,47H,9,11,15,17-20,22,24-25,30H2,1-4H3. The third kappa shape index (κ3) is 7.64. The molecular formula is C45H52N4O3. The van der Waals surface area contributed by atoms with Gasteiger partial charge in [0.2, 0.25) is 5.91 Å². The van der Waals surface area contributed by atoms with Gasteiger partial charge in [0, 0.05) is 53.7 Å². The maximum atomic E-state index is 14.2. The Balaban J connectivity index is 1.18. The number of pyridine rings is 1. The van der Waals surface area contributed by atoms with Gasteiger partial charge in [0.1, 0.15) is 6.61 Å². The summed E-state index contributed by atoms with van der Waals surface area (Å²) in [7, 11) is 0. The molecule has 2 fully saturated rings. The third-order valence-corrected chi connectivity index (χ3v) is 11.3. The fourth-order valence-electron chi connectivity index (χ4n) is 8.46. The minimum Gasteiger partial charge on any atom is -0.445 e. The van der Waals surface area contributed by atoms with E-state index in [1.165, 1.54) is 11.1 Å². The molecule has 0 radical (unpaired) electrons. The van der Waals surface area contributed by atoms with E-state index in [0.29, 0.717) is 31.6 Å². The molecule has 0 aliphatic carbocycles. The summed E-state index contributed by atoms with van der Waals surface area (Å²) in [6.45, 7) is 9.76. The predicted molar refractivity (Wildman–Crippen MR) is 208 cm³/mol. The Morgan fingerprint density at radius 3 is 2.25 bits per heavy atom. The smallest absolute Gasteiger partial charge is 0.410 e. The number of amides is 2. The SMILES string of the molecule is Cc1cc(C)cc(-c2[nH]c3ccc(C(C)(C)C(=O)N4C5CCC4CC5)cc3c2CCN(CCCCc2ccccn2)C(=O)OCc2ccccc2)c1. The Hall–Kier alpha value is -4.91. The average molecular weight is 697 g/mol. The average Bonchev–Trinajstić information content (AvgIpc) is 3.86. The largest absolute Gasteiger partial charge is 0.445 e. The van der Waals surface area contributed by atoms with Crippen molar-refractivity contribution in [1.29, 1.82) is 0 Å². The number of ether oxygens (including phenoxy) is 1. The minimum atomic E-state index is -0.658. The van der Waals surface area contributed by atoms with E-state index in [-0.39, 0.29) is 18.6 Å². The van der Waals surface area contributed by atoms with Gasteiger partial charge in [-0.05, 0) is 138 Å². The minimum absolute atomic E-state index is 0.232. The van der Waals surface area contributed by atoms with E-state index in [4.69, 9.17) is 4.74 Å². The molecule has 3 aromatic carbocycles. The molecule has 2 saturated heterocycles. The molecule has 4 heterocycles. The van der Waals surface area contributed by atoms with Crippen molar-refractivity contribution in [1.82, 2.24) is 19.8 Å². The van der Waals surface area contributed by atoms with Crippen LogP contribution in [0.4, 0.5) is 4.79 Å². The first-order valence-electron chi connectivity index (χ1n) is 19.1. The molecule has 1 N–H and O–H groups in total. The number of hydrogen-bond donors (Lipinski definition) is 1. The Bertz CT molecular complexity index is 1980. The van der Waals surface area contributed by atoms with E-state index in [2.05, 4.69) is 85.0 Å². The summed E-state index contributed by atoms with van der Waals surface area (Å²) in [5.41, 5.74) is 9.17. The van der Waals surface area contributed by atoms with Crippen molar-refractivity contribution in [2.45, 2.75) is 103 Å². The predicted octanol–water partition coefficient (Wildman–Crippen LogP) is 9.48. The molecular weight excluding hydrogens is 645 g/mol. The van der Waals surface area contributed by atoms with Crippen molar-refractivity contribution in [2.24, 2.45) is 0 Å². The second-order valence-electron chi connectivity index (χ2n) is 15.5. The van der Waals surface area contributed by atoms with Gasteiger partial charge in [0.15, 0.2) is 0 Å². The quantitative estimate of drug-likeness (QED) is 0.124. The van der Waals surface area contributed by atoms with Gasteiger partial charge in [0.05, 0.1) is 5.41 Å². The van der Waals surface area contributed by atoms with Crippen LogP contribution in [0.25, 0.3) is 22.2 Å². The lowest BCUT2D eigenvalue weighted by Crippen LogP contribution is -2.45. The summed E-state index contributed by atoms with van der Waals surface area (Å²) >= 11 is 0. The number of fused-ring (bicyclic) bond motifs is 3. The topological polar surface area (TPSA) is 78.5 Å². The maximum absolute atomic E-state index is 14.2. The molecule has 52 heavy (non-hydrogen) atoms. The van der Waals surface area contributed by atoms with Crippen LogP contribution in [0.5, 0.6) is 0 Å². The lowest BCUT2D eigenvalue weighted by molar-refractivity contribution is -0.137. The van der Waals surface area contributed by atoms with Crippen LogP contribution in [0, 0.1) is 13.8 Å². The number of hydrogen-bond acceptors (Lipinski definition) is 4. The monoisotopic (exact) mass is 696 g/mol. The van der Waals surface area contributed by atoms with Gasteiger partial charge in [-0.1, -0.05) is 59.7 Å². The van der Waals surface area contributed by atoms with Crippen LogP contribution in [0.2, 0.25) is 0 Å². The molecule has 5 aromatic rings. The van der Waals surface area contributed by atoms with Crippen LogP contribution in [0.15, 0.2) is 91.1 Å². The lowest BCUT2D eigenvalue weighted by Gasteiger charge is -2.33. The summed E-state index contributed by atoms with van der Waals surface area (Å²) in [6.07, 6.45) is 9.29. The Morgan fingerprint density at radius 2 is 1.56 bits per heavy atom. The van der Waals surface area contributed by atoms with E-state index in [1.807, 2.05) is 53.6 Å². The van der Waals surface area contributed by atoms with Crippen molar-refractivity contribution < 1.29 is 14.3 Å². The van der Waals surface area contributed by atoms with Gasteiger partial charge in [0.25, 0.3) is 0 Å². The van der Waals surface area contributed by atoms with Crippen molar-refractivity contribution in [3.8, 4) is 11.3 Å². The molecule has 2 aliphatic heterocycles. The fraction of sp³-hybridized carbons (Fsp3) is 0.400. The van der Waals surface area contributed by atoms with Gasteiger partial charge in [-0.3, -0.25) is 9.78 Å². The summed E-state index contributed by atoms with van der Waals surface area (Å²) in [5.74, 6) is 0.238. The first kappa shape index (κ1) is 35.5. The van der Waals surface area contributed by atoms with E-state index >= 15 is 0 Å². The Kier molecular flexibility index (Phi) is 10.5. The zero-order valence-electron chi connectivity index (χ0n) is 31.2. The van der Waals surface area contributed by atoms with Crippen LogP contribution in [0.1, 0.15) is 85.9 Å². The number of carbonyl (C=O) groups is 2. The number of carbonyl (C=O) groups excluding carboxylic acids is 2. The van der Waals surface area contributed by atoms with Gasteiger partial charge < -0.3 is 19.5 Å². The van der Waals surface area contributed by atoms with Gasteiger partial charge >= 0.3 is 6.09 Å². The van der Waals surface area contributed by atoms with Gasteiger partial charge in [-0.25, -0.2) is 4.79 Å². The molecule has 2 bridgehead atoms. The van der Waals surface area contributed by atoms with E-state index in [9.17, 15) is 9.59 Å². The number of rotatable bonds is 13. The molecule has 0 unspecified atom stereocenters. The summed E-state index contributed by atoms with van der Waals surface area (Å²) in [5, 5.41) is 1.10. The lowest BCUT2D eigenvalue weighted by atomic mass is 9.82. The normalized spacial score (nSPS) is 16.8. The number of aromatic nitrogens is 2. The highest BCUT2D eigenvalue weighted by molar-refractivity contribution is 5.94. The van der Waals surface area contributed by atoms with Crippen molar-refractivity contribution in [2.75, 3.05) is 13.1 Å². The zero-order chi connectivity index (χ0) is 36.2. The molecule has 7 heteroatoms. The fourth-order valence-corrected chi connectivity index (χ4v) is 8.46. The highest BCUT2D eigenvalue weighted by Gasteiger charge is 2.47. The number of aryl methyl sites for hydroxylation is 3. The second-order valence-corrected chi connectivity index (χ2v) is 15.5. The number of H-pyrrole nitrogens is 1. The molecule has 2 amide bonds. The second kappa shape index (κ2) is 15.4. The molecule has 2 aromatic heterocycles. The van der Waals surface area contributed by atoms with Crippen LogP contribution in [-0.4, -0.2) is 56.9 Å². The first-order chi connectivity index (χ1) is 25.2. The van der Waals surface area contributed by atoms with Crippen molar-refractivity contribution >= 4 is 22.9 Å². The summed E-state index contributed by atoms with van der Waals surface area (Å²) < 4.78 is 5.90. The van der Waals surface area contributed by atoms with Crippen LogP contribution >= 0.6 is 0 Å². The van der Waals surface area contributed by atoms with Crippen LogP contribution in [-0.2, 0) is 34.4 Å². The number of unbranched alkanes of at least 4 members (excludes halogenated alkanes) is 1. The van der Waals surface area contributed by atoms with Gasteiger partial charge in [-0.2, -0.15) is 0 Å². The highest BCUT2D eigenvalue weighted by atomic mass is 16.6. The van der Waals surface area contributed by atoms with Crippen molar-refractivity contribution in [3.63, 3.8) is 0 Å². The third-order valence-electron chi connectivity index (χ3n) is 11.3.